The number of fused-ring (bicyclic) bond motifs is 1. The summed E-state index contributed by atoms with van der Waals surface area (Å²) in [6, 6.07) is 2.04. The molecule has 96 valence electrons. The van der Waals surface area contributed by atoms with Crippen LogP contribution in [0.1, 0.15) is 29.3 Å². The summed E-state index contributed by atoms with van der Waals surface area (Å²) in [7, 11) is 3.96. The topological polar surface area (TPSA) is 42.7 Å². The van der Waals surface area contributed by atoms with Crippen molar-refractivity contribution in [1.82, 2.24) is 20.1 Å². The molecular formula is C13H18N4S. The van der Waals surface area contributed by atoms with E-state index in [0.29, 0.717) is 5.92 Å². The van der Waals surface area contributed by atoms with Crippen molar-refractivity contribution in [2.75, 3.05) is 13.6 Å². The summed E-state index contributed by atoms with van der Waals surface area (Å²) in [5, 5.41) is 8.79. The minimum atomic E-state index is 0.576. The molecule has 1 N–H and O–H groups in total. The molecule has 3 rings (SSSR count). The third-order valence-corrected chi connectivity index (χ3v) is 4.61. The molecule has 0 saturated carbocycles. The number of aromatic nitrogens is 3. The van der Waals surface area contributed by atoms with E-state index in [4.69, 9.17) is 4.98 Å². The van der Waals surface area contributed by atoms with Crippen molar-refractivity contribution in [1.29, 1.82) is 0 Å². The zero-order valence-corrected chi connectivity index (χ0v) is 11.6. The number of nitrogens with zero attached hydrogens (tertiary/aromatic N) is 3. The molecule has 2 aromatic heterocycles. The summed E-state index contributed by atoms with van der Waals surface area (Å²) in [6.07, 6.45) is 5.68. The van der Waals surface area contributed by atoms with Crippen LogP contribution in [-0.2, 0) is 13.5 Å². The standard InChI is InChI=1S/C13H18N4S/c1-14-8-9-4-3-5-11-12(9)15-13(18-11)10-6-7-17(2)16-10/h6-7,9,14H,3-5,8H2,1-2H3. The average molecular weight is 262 g/mol. The maximum atomic E-state index is 4.84. The third-order valence-electron chi connectivity index (χ3n) is 3.45. The molecule has 1 aliphatic rings. The Hall–Kier alpha value is -1.20. The van der Waals surface area contributed by atoms with Crippen LogP contribution < -0.4 is 5.32 Å². The lowest BCUT2D eigenvalue weighted by Gasteiger charge is -2.20. The van der Waals surface area contributed by atoms with E-state index >= 15 is 0 Å². The first-order valence-corrected chi connectivity index (χ1v) is 7.24. The molecule has 0 fully saturated rings. The molecule has 2 aromatic rings. The van der Waals surface area contributed by atoms with Gasteiger partial charge in [0.25, 0.3) is 0 Å². The maximum absolute atomic E-state index is 4.84. The summed E-state index contributed by atoms with van der Waals surface area (Å²) >= 11 is 1.82. The highest BCUT2D eigenvalue weighted by Crippen LogP contribution is 2.37. The SMILES string of the molecule is CNCC1CCCc2sc(-c3ccn(C)n3)nc21. The normalized spacial score (nSPS) is 18.9. The Labute approximate surface area is 111 Å². The highest BCUT2D eigenvalue weighted by atomic mass is 32.1. The number of hydrogen-bond donors (Lipinski definition) is 1. The predicted octanol–water partition coefficient (Wildman–Crippen LogP) is 2.18. The number of hydrogen-bond acceptors (Lipinski definition) is 4. The Morgan fingerprint density at radius 1 is 1.56 bits per heavy atom. The average Bonchev–Trinajstić information content (AvgIpc) is 2.95. The van der Waals surface area contributed by atoms with E-state index in [1.54, 1.807) is 0 Å². The van der Waals surface area contributed by atoms with Gasteiger partial charge in [0.1, 0.15) is 10.7 Å². The van der Waals surface area contributed by atoms with Gasteiger partial charge in [-0.1, -0.05) is 0 Å². The lowest BCUT2D eigenvalue weighted by Crippen LogP contribution is -2.20. The van der Waals surface area contributed by atoms with Crippen LogP contribution in [0, 0.1) is 0 Å². The van der Waals surface area contributed by atoms with E-state index in [1.165, 1.54) is 29.8 Å². The Morgan fingerprint density at radius 2 is 2.44 bits per heavy atom. The van der Waals surface area contributed by atoms with Crippen molar-refractivity contribution in [3.8, 4) is 10.7 Å². The smallest absolute Gasteiger partial charge is 0.144 e. The van der Waals surface area contributed by atoms with E-state index in [-0.39, 0.29) is 0 Å². The molecule has 0 radical (unpaired) electrons. The van der Waals surface area contributed by atoms with Crippen molar-refractivity contribution in [3.63, 3.8) is 0 Å². The fraction of sp³-hybridized carbons (Fsp3) is 0.538. The molecule has 2 heterocycles. The molecule has 0 spiro atoms. The molecule has 1 aliphatic carbocycles. The van der Waals surface area contributed by atoms with E-state index in [9.17, 15) is 0 Å². The number of nitrogens with one attached hydrogen (secondary N) is 1. The molecule has 0 aromatic carbocycles. The van der Waals surface area contributed by atoms with Crippen molar-refractivity contribution < 1.29 is 0 Å². The zero-order valence-electron chi connectivity index (χ0n) is 10.8. The Morgan fingerprint density at radius 3 is 3.17 bits per heavy atom. The van der Waals surface area contributed by atoms with Crippen LogP contribution in [0.25, 0.3) is 10.7 Å². The van der Waals surface area contributed by atoms with Gasteiger partial charge < -0.3 is 5.32 Å². The second-order valence-electron chi connectivity index (χ2n) is 4.85. The van der Waals surface area contributed by atoms with E-state index in [1.807, 2.05) is 42.4 Å². The van der Waals surface area contributed by atoms with Crippen LogP contribution in [0.3, 0.4) is 0 Å². The number of thiazole rings is 1. The van der Waals surface area contributed by atoms with Gasteiger partial charge in [0.2, 0.25) is 0 Å². The van der Waals surface area contributed by atoms with Crippen molar-refractivity contribution in [3.05, 3.63) is 22.8 Å². The van der Waals surface area contributed by atoms with Gasteiger partial charge in [0, 0.05) is 30.6 Å². The maximum Gasteiger partial charge on any atom is 0.144 e. The van der Waals surface area contributed by atoms with E-state index in [2.05, 4.69) is 10.4 Å². The summed E-state index contributed by atoms with van der Waals surface area (Å²) in [5.41, 5.74) is 2.31. The summed E-state index contributed by atoms with van der Waals surface area (Å²) in [6.45, 7) is 1.03. The van der Waals surface area contributed by atoms with Crippen molar-refractivity contribution in [2.24, 2.45) is 7.05 Å². The molecular weight excluding hydrogens is 244 g/mol. The molecule has 0 amide bonds. The van der Waals surface area contributed by atoms with Crippen LogP contribution in [0.15, 0.2) is 12.3 Å². The molecule has 0 bridgehead atoms. The van der Waals surface area contributed by atoms with Crippen LogP contribution in [0.2, 0.25) is 0 Å². The Balaban J connectivity index is 1.95. The summed E-state index contributed by atoms with van der Waals surface area (Å²) < 4.78 is 1.83. The molecule has 0 saturated heterocycles. The molecule has 1 unspecified atom stereocenters. The van der Waals surface area contributed by atoms with E-state index < -0.39 is 0 Å². The minimum Gasteiger partial charge on any atom is -0.319 e. The Kier molecular flexibility index (Phi) is 3.18. The van der Waals surface area contributed by atoms with Gasteiger partial charge in [-0.25, -0.2) is 4.98 Å². The first-order valence-electron chi connectivity index (χ1n) is 6.42. The van der Waals surface area contributed by atoms with Gasteiger partial charge in [-0.2, -0.15) is 5.10 Å². The highest BCUT2D eigenvalue weighted by Gasteiger charge is 2.24. The quantitative estimate of drug-likeness (QED) is 0.922. The summed E-state index contributed by atoms with van der Waals surface area (Å²) in [4.78, 5) is 6.30. The number of aryl methyl sites for hydroxylation is 2. The second kappa shape index (κ2) is 4.82. The monoisotopic (exact) mass is 262 g/mol. The lowest BCUT2D eigenvalue weighted by molar-refractivity contribution is 0.523. The Bertz CT molecular complexity index is 543. The van der Waals surface area contributed by atoms with Gasteiger partial charge in [-0.3, -0.25) is 4.68 Å². The zero-order chi connectivity index (χ0) is 12.5. The van der Waals surface area contributed by atoms with Crippen molar-refractivity contribution in [2.45, 2.75) is 25.2 Å². The van der Waals surface area contributed by atoms with Crippen LogP contribution in [0.4, 0.5) is 0 Å². The third kappa shape index (κ3) is 2.08. The van der Waals surface area contributed by atoms with Gasteiger partial charge in [0.15, 0.2) is 0 Å². The fourth-order valence-electron chi connectivity index (χ4n) is 2.59. The van der Waals surface area contributed by atoms with Crippen LogP contribution >= 0.6 is 11.3 Å². The number of likely N-dealkylation sites (N-methyl/N-ethyl adjacent to an activating group) is 1. The molecule has 0 aliphatic heterocycles. The second-order valence-corrected chi connectivity index (χ2v) is 5.93. The van der Waals surface area contributed by atoms with E-state index in [0.717, 1.165) is 17.2 Å². The summed E-state index contributed by atoms with van der Waals surface area (Å²) in [5.74, 6) is 0.576. The van der Waals surface area contributed by atoms with Gasteiger partial charge in [-0.15, -0.1) is 11.3 Å². The van der Waals surface area contributed by atoms with Crippen LogP contribution in [-0.4, -0.2) is 28.4 Å². The lowest BCUT2D eigenvalue weighted by atomic mass is 9.91. The van der Waals surface area contributed by atoms with Crippen LogP contribution in [0.5, 0.6) is 0 Å². The molecule has 1 atom stereocenters. The van der Waals surface area contributed by atoms with Gasteiger partial charge >= 0.3 is 0 Å². The number of rotatable bonds is 3. The molecule has 18 heavy (non-hydrogen) atoms. The largest absolute Gasteiger partial charge is 0.319 e. The van der Waals surface area contributed by atoms with Crippen molar-refractivity contribution >= 4 is 11.3 Å². The molecule has 4 nitrogen and oxygen atoms in total. The van der Waals surface area contributed by atoms with Gasteiger partial charge in [-0.05, 0) is 32.4 Å². The fourth-order valence-corrected chi connectivity index (χ4v) is 3.75. The van der Waals surface area contributed by atoms with Gasteiger partial charge in [0.05, 0.1) is 5.69 Å². The molecule has 5 heteroatoms. The minimum absolute atomic E-state index is 0.576. The predicted molar refractivity (Wildman–Crippen MR) is 73.9 cm³/mol. The first kappa shape index (κ1) is 11.9. The highest BCUT2D eigenvalue weighted by molar-refractivity contribution is 7.15. The first-order chi connectivity index (χ1) is 8.78.